The summed E-state index contributed by atoms with van der Waals surface area (Å²) in [7, 11) is 0. The quantitative estimate of drug-likeness (QED) is 0.135. The first-order chi connectivity index (χ1) is 72.0. The molecule has 0 N–H and O–H groups in total. The van der Waals surface area contributed by atoms with E-state index in [4.69, 9.17) is 29.7 Å². The summed E-state index contributed by atoms with van der Waals surface area (Å²) in [5, 5.41) is 10.3. The van der Waals surface area contributed by atoms with Crippen LogP contribution in [-0.2, 0) is 0 Å². The molecule has 0 amide bonds. The van der Waals surface area contributed by atoms with Crippen LogP contribution in [0.1, 0.15) is 32.9 Å². The van der Waals surface area contributed by atoms with Crippen molar-refractivity contribution in [2.75, 3.05) is 0 Å². The highest BCUT2D eigenvalue weighted by Gasteiger charge is 2.26. The van der Waals surface area contributed by atoms with Crippen molar-refractivity contribution in [3.63, 3.8) is 0 Å². The Morgan fingerprint density at radius 3 is 0.800 bits per heavy atom. The minimum atomic E-state index is -0.437. The van der Waals surface area contributed by atoms with E-state index in [1.165, 1.54) is 0 Å². The Labute approximate surface area is 755 Å². The van der Waals surface area contributed by atoms with Gasteiger partial charge in [-0.15, -0.1) is 0 Å². The van der Waals surface area contributed by atoms with Gasteiger partial charge in [-0.25, -0.2) is 0 Å². The third-order valence-corrected chi connectivity index (χ3v) is 23.9. The molecule has 0 unspecified atom stereocenters. The summed E-state index contributed by atoms with van der Waals surface area (Å²) < 4.78 is 236. The van der Waals surface area contributed by atoms with Gasteiger partial charge in [-0.2, -0.15) is 0 Å². The number of fused-ring (bicyclic) bond motifs is 17. The van der Waals surface area contributed by atoms with Crippen LogP contribution in [0.4, 0.5) is 0 Å². The molecule has 3 heteroatoms. The molecule has 0 spiro atoms. The number of rotatable bonds is 9. The predicted octanol–water partition coefficient (Wildman–Crippen LogP) is 35.0. The van der Waals surface area contributed by atoms with Gasteiger partial charge >= 0.3 is 0 Å². The van der Waals surface area contributed by atoms with E-state index < -0.39 is 72.5 Å². The maximum Gasteiger partial charge on any atom is 0.136 e. The van der Waals surface area contributed by atoms with E-state index in [-0.39, 0.29) is 137 Å². The van der Waals surface area contributed by atoms with Crippen molar-refractivity contribution in [3.05, 3.63) is 460 Å². The van der Waals surface area contributed by atoms with Crippen molar-refractivity contribution in [2.45, 2.75) is 0 Å². The maximum absolute atomic E-state index is 9.42. The maximum atomic E-state index is 9.42. The second kappa shape index (κ2) is 30.4. The van der Waals surface area contributed by atoms with E-state index in [1.807, 2.05) is 291 Å². The van der Waals surface area contributed by atoms with Gasteiger partial charge in [-0.3, -0.25) is 0 Å². The highest BCUT2D eigenvalue weighted by atomic mass is 16.3. The fourth-order valence-electron chi connectivity index (χ4n) is 18.6. The Morgan fingerprint density at radius 2 is 0.408 bits per heavy atom. The summed E-state index contributed by atoms with van der Waals surface area (Å²) >= 11 is 0. The Balaban J connectivity index is 0.000000119. The topological polar surface area (TPSA) is 39.4 Å². The lowest BCUT2D eigenvalue weighted by molar-refractivity contribution is 0.668. The van der Waals surface area contributed by atoms with Gasteiger partial charge in [0.25, 0.3) is 0 Å². The first-order valence-electron chi connectivity index (χ1n) is 53.0. The van der Waals surface area contributed by atoms with Crippen LogP contribution < -0.4 is 0 Å². The van der Waals surface area contributed by atoms with Crippen LogP contribution in [0, 0.1) is 0 Å². The number of furan rings is 3. The molecule has 0 aliphatic rings. The van der Waals surface area contributed by atoms with Crippen molar-refractivity contribution in [3.8, 4) is 100 Å². The zero-order chi connectivity index (χ0) is 103. The molecule has 0 bridgehead atoms. The fraction of sp³-hybridized carbons (Fsp3) is 0. The van der Waals surface area contributed by atoms with Crippen molar-refractivity contribution in [1.29, 1.82) is 0 Å². The number of hydrogen-bond donors (Lipinski definition) is 0. The predicted molar refractivity (Wildman–Crippen MR) is 530 cm³/mol. The van der Waals surface area contributed by atoms with Crippen LogP contribution in [0.3, 0.4) is 0 Å². The molecule has 0 aliphatic carbocycles. The number of para-hydroxylation sites is 3. The van der Waals surface area contributed by atoms with Gasteiger partial charge in [0.15, 0.2) is 0 Å². The number of hydrogen-bond acceptors (Lipinski definition) is 3. The van der Waals surface area contributed by atoms with E-state index in [9.17, 15) is 16.4 Å². The summed E-state index contributed by atoms with van der Waals surface area (Å²) in [6, 6.07) is 90.6. The second-order valence-electron chi connectivity index (χ2n) is 30.7. The average Bonchev–Trinajstić information content (AvgIpc) is 1.36. The van der Waals surface area contributed by atoms with Crippen LogP contribution >= 0.6 is 0 Å². The molecule has 3 nitrogen and oxygen atoms in total. The molecule has 23 aromatic carbocycles. The van der Waals surface area contributed by atoms with Gasteiger partial charge in [-0.05, 0) is 241 Å². The molecule has 0 radical (unpaired) electrons. The van der Waals surface area contributed by atoms with E-state index in [0.29, 0.717) is 116 Å². The summed E-state index contributed by atoms with van der Waals surface area (Å²) in [6.07, 6.45) is 0. The Kier molecular flexibility index (Phi) is 12.6. The van der Waals surface area contributed by atoms with E-state index in [2.05, 4.69) is 6.07 Å². The molecular formula is C122H76O3. The van der Waals surface area contributed by atoms with Crippen LogP contribution in [-0.4, -0.2) is 0 Å². The van der Waals surface area contributed by atoms with Gasteiger partial charge in [0, 0.05) is 32.3 Å². The summed E-state index contributed by atoms with van der Waals surface area (Å²) in [5.74, 6) is 0. The molecule has 0 fully saturated rings. The van der Waals surface area contributed by atoms with E-state index in [1.54, 1.807) is 18.2 Å². The van der Waals surface area contributed by atoms with Crippen molar-refractivity contribution in [1.82, 2.24) is 0 Å². The third kappa shape index (κ3) is 12.3. The van der Waals surface area contributed by atoms with Gasteiger partial charge in [0.05, 0.1) is 32.9 Å². The van der Waals surface area contributed by atoms with Gasteiger partial charge in [-0.1, -0.05) is 406 Å². The molecule has 582 valence electrons. The normalized spacial score (nSPS) is 14.4. The first kappa shape index (κ1) is 51.9. The van der Waals surface area contributed by atoms with E-state index >= 15 is 0 Å². The largest absolute Gasteiger partial charge is 0.456 e. The van der Waals surface area contributed by atoms with Crippen LogP contribution in [0.2, 0.25) is 0 Å². The van der Waals surface area contributed by atoms with E-state index in [0.717, 1.165) is 71.1 Å². The zero-order valence-corrected chi connectivity index (χ0v) is 66.2. The van der Waals surface area contributed by atoms with Gasteiger partial charge in [0.1, 0.15) is 33.5 Å². The Hall–Kier alpha value is -16.5. The molecule has 0 saturated heterocycles. The summed E-state index contributed by atoms with van der Waals surface area (Å²) in [4.78, 5) is 0. The molecule has 0 saturated carbocycles. The third-order valence-electron chi connectivity index (χ3n) is 23.9. The van der Waals surface area contributed by atoms with Crippen LogP contribution in [0.25, 0.3) is 252 Å². The summed E-state index contributed by atoms with van der Waals surface area (Å²) in [6.45, 7) is 0. The molecule has 3 heterocycles. The molecule has 3 aromatic heterocycles. The SMILES string of the molecule is [2H]c1c([2H])c([2H])c2c(-c3cccc4oc5ccccc5c34)c3c([2H])c([2H])c([2H])c([2H])c3c(-c3ccc(-c4ccccc4)c4ccccc34)c2c1[2H].[2H]c1c([2H])c([2H])c2c(-c3cccc4oc5ccccc5c34)c3c([2H])c([2H])c([2H])c([2H])c3c(-c3cccc(-c4ccc5ccccc5c4)c3)c2c1[2H].[2H]c1c([2H])c([2H])c2c(-c3cccc4oc5ccccc5c34)c3c([2H])c([2H])c([2H])c([2H])c3c(-c3cccc(-c4ccccc4)c3)c2c1[2H]. The highest BCUT2D eigenvalue weighted by Crippen LogP contribution is 2.53. The fourth-order valence-corrected chi connectivity index (χ4v) is 18.6. The molecule has 0 aliphatic heterocycles. The summed E-state index contributed by atoms with van der Waals surface area (Å²) in [5.41, 5.74) is 14.2. The molecule has 0 atom stereocenters. The highest BCUT2D eigenvalue weighted by molar-refractivity contribution is 6.30. The lowest BCUT2D eigenvalue weighted by atomic mass is 9.83. The molecular weight excluding hydrogens is 1510 g/mol. The van der Waals surface area contributed by atoms with Crippen LogP contribution in [0.15, 0.2) is 474 Å². The van der Waals surface area contributed by atoms with Crippen molar-refractivity contribution in [2.24, 2.45) is 0 Å². The smallest absolute Gasteiger partial charge is 0.136 e. The zero-order valence-electron chi connectivity index (χ0n) is 90.2. The standard InChI is InChI=1S/2C42H26O.C38H24O/c1-2-12-28-25-30(24-23-27(28)11-1)29-13-9-14-31(26-29)40-32-15-3-5-17-34(32)41(35-18-6-4-16-33(35)40)37-20-10-22-39-42(37)36-19-7-8-21-38(36)43-39;1-2-13-27(14-3-1)28-25-26-35(30-16-5-4-15-29(28)30)40-31-17-6-8-19-33(31)41(34-20-9-7-18-32(34)40)37-22-12-24-39-42(37)36-21-10-11-23-38(36)43-39;1-2-12-25(13-3-1)26-14-10-15-27(24-26)36-28-16-4-6-18-30(28)37(31-19-7-5-17-29(31)36)33-21-11-23-35-38(33)32-20-8-9-22-34(32)39-35/h2*1-26H;1-24H/i3D,4D,5D,6D,15D,16D,17D,18D;6D,7D,8D,9D,17D,18D,19D,20D;4D,5D,6D,7D,16D,17D,18D,19D. The lowest BCUT2D eigenvalue weighted by Gasteiger charge is -2.20. The molecule has 125 heavy (non-hydrogen) atoms. The van der Waals surface area contributed by atoms with Gasteiger partial charge < -0.3 is 13.3 Å². The average molecular weight is 1610 g/mol. The minimum absolute atomic E-state index is 0.169. The molecule has 26 rings (SSSR count). The first-order valence-corrected chi connectivity index (χ1v) is 41.0. The minimum Gasteiger partial charge on any atom is -0.456 e. The Bertz CT molecular complexity index is 10100. The van der Waals surface area contributed by atoms with Gasteiger partial charge in [0.2, 0.25) is 0 Å². The Morgan fingerprint density at radius 1 is 0.144 bits per heavy atom. The van der Waals surface area contributed by atoms with Crippen molar-refractivity contribution < 1.29 is 46.1 Å². The van der Waals surface area contributed by atoms with Crippen molar-refractivity contribution >= 4 is 152 Å². The van der Waals surface area contributed by atoms with Crippen LogP contribution in [0.5, 0.6) is 0 Å². The monoisotopic (exact) mass is 1610 g/mol. The second-order valence-corrected chi connectivity index (χ2v) is 30.7. The number of benzene rings is 23. The molecule has 26 aromatic rings. The lowest BCUT2D eigenvalue weighted by Crippen LogP contribution is -1.92.